The van der Waals surface area contributed by atoms with E-state index in [1.165, 1.54) is 16.7 Å². The summed E-state index contributed by atoms with van der Waals surface area (Å²) in [5.74, 6) is 1.68. The molecule has 1 aromatic heterocycles. The molecule has 0 radical (unpaired) electrons. The number of benzene rings is 7. The first-order valence-corrected chi connectivity index (χ1v) is 19.9. The largest absolute Gasteiger partial charge is 0.309 e. The number of para-hydroxylation sites is 1. The minimum Gasteiger partial charge on any atom is -0.309 e. The van der Waals surface area contributed by atoms with E-state index in [0.717, 1.165) is 55.2 Å². The van der Waals surface area contributed by atoms with Gasteiger partial charge in [0.15, 0.2) is 24.6 Å². The van der Waals surface area contributed by atoms with Gasteiger partial charge >= 0.3 is 0 Å². The highest BCUT2D eigenvalue weighted by Crippen LogP contribution is 2.58. The molecule has 8 aromatic rings. The summed E-state index contributed by atoms with van der Waals surface area (Å²) in [6.07, 6.45) is 0. The van der Waals surface area contributed by atoms with Crippen LogP contribution in [0.4, 0.5) is 17.1 Å². The van der Waals surface area contributed by atoms with Gasteiger partial charge < -0.3 is 9.46 Å². The minimum atomic E-state index is -3.49. The quantitative estimate of drug-likeness (QED) is 0.166. The van der Waals surface area contributed by atoms with E-state index < -0.39 is 7.14 Å². The topological polar surface area (TPSA) is 59.0 Å². The molecule has 0 amide bonds. The van der Waals surface area contributed by atoms with Crippen molar-refractivity contribution in [2.45, 2.75) is 19.3 Å². The Morgan fingerprint density at radius 3 is 1.61 bits per heavy atom. The fourth-order valence-electron chi connectivity index (χ4n) is 8.23. The summed E-state index contributed by atoms with van der Waals surface area (Å²) >= 11 is 0. The lowest BCUT2D eigenvalue weighted by Gasteiger charge is -2.39. The Kier molecular flexibility index (Phi) is 7.37. The number of fused-ring (bicyclic) bond motifs is 5. The maximum absolute atomic E-state index is 16.6. The molecule has 6 heteroatoms. The van der Waals surface area contributed by atoms with Crippen LogP contribution in [0.25, 0.3) is 45.3 Å². The van der Waals surface area contributed by atoms with Gasteiger partial charge in [-0.1, -0.05) is 147 Å². The maximum Gasteiger partial charge on any atom is 0.175 e. The van der Waals surface area contributed by atoms with Gasteiger partial charge in [0.05, 0.1) is 11.4 Å². The van der Waals surface area contributed by atoms with Gasteiger partial charge in [0.1, 0.15) is 0 Å². The first kappa shape index (κ1) is 32.2. The molecule has 0 saturated carbocycles. The van der Waals surface area contributed by atoms with E-state index in [2.05, 4.69) is 97.6 Å². The average Bonchev–Trinajstić information content (AvgIpc) is 3.46. The minimum absolute atomic E-state index is 0.226. The Hall–Kier alpha value is -6.42. The molecule has 7 aromatic carbocycles. The van der Waals surface area contributed by atoms with Gasteiger partial charge in [0.2, 0.25) is 0 Å². The zero-order chi connectivity index (χ0) is 36.4. The summed E-state index contributed by atoms with van der Waals surface area (Å²) in [4.78, 5) is 17.3. The van der Waals surface area contributed by atoms with Crippen LogP contribution in [-0.2, 0) is 9.98 Å². The van der Waals surface area contributed by atoms with E-state index in [0.29, 0.717) is 17.5 Å². The fraction of sp³-hybridized carbons (Fsp3) is 0.0625. The Morgan fingerprint density at radius 2 is 0.981 bits per heavy atom. The van der Waals surface area contributed by atoms with Gasteiger partial charge in [0.25, 0.3) is 0 Å². The number of nitrogens with zero attached hydrogens (tertiary/aromatic N) is 4. The molecule has 0 spiro atoms. The van der Waals surface area contributed by atoms with Crippen LogP contribution in [0, 0.1) is 0 Å². The van der Waals surface area contributed by atoms with Crippen molar-refractivity contribution in [3.05, 3.63) is 187 Å². The zero-order valence-electron chi connectivity index (χ0n) is 29.9. The molecule has 0 saturated heterocycles. The lowest BCUT2D eigenvalue weighted by molar-refractivity contribution is 0.592. The van der Waals surface area contributed by atoms with Crippen LogP contribution in [0.5, 0.6) is 0 Å². The van der Waals surface area contributed by atoms with Gasteiger partial charge in [-0.25, -0.2) is 15.0 Å². The molecule has 0 bridgehead atoms. The standard InChI is InChI=1S/C48H35N4OP/c1-48(2)39-26-16-15-25-37(39)38-30-44-42(31-40(38)48)52(35-21-11-5-12-22-35)41-28-27-34(29-43(41)54(44,53)36-23-13-6-14-24-36)47-50-45(32-17-7-3-8-18-32)49-46(51-47)33-19-9-4-10-20-33/h3-31H,1-2H3. The smallest absolute Gasteiger partial charge is 0.175 e. The summed E-state index contributed by atoms with van der Waals surface area (Å²) < 4.78 is 16.6. The van der Waals surface area contributed by atoms with E-state index in [9.17, 15) is 0 Å². The predicted molar refractivity (Wildman–Crippen MR) is 221 cm³/mol. The summed E-state index contributed by atoms with van der Waals surface area (Å²) in [6, 6.07) is 59.7. The lowest BCUT2D eigenvalue weighted by atomic mass is 9.82. The van der Waals surface area contributed by atoms with Crippen LogP contribution >= 0.6 is 7.14 Å². The molecule has 2 heterocycles. The van der Waals surface area contributed by atoms with Crippen molar-refractivity contribution >= 4 is 40.1 Å². The van der Waals surface area contributed by atoms with E-state index >= 15 is 4.57 Å². The Labute approximate surface area is 315 Å². The zero-order valence-corrected chi connectivity index (χ0v) is 30.8. The highest BCUT2D eigenvalue weighted by atomic mass is 31.2. The molecular weight excluding hydrogens is 680 g/mol. The Bertz CT molecular complexity index is 2710. The third-order valence-corrected chi connectivity index (χ3v) is 14.0. The number of anilines is 3. The van der Waals surface area contributed by atoms with Gasteiger partial charge in [-0.05, 0) is 64.7 Å². The number of hydrogen-bond acceptors (Lipinski definition) is 5. The summed E-state index contributed by atoms with van der Waals surface area (Å²) in [5.41, 5.74) is 9.98. The third-order valence-electron chi connectivity index (χ3n) is 10.9. The van der Waals surface area contributed by atoms with Crippen molar-refractivity contribution in [2.24, 2.45) is 0 Å². The first-order chi connectivity index (χ1) is 26.4. The maximum atomic E-state index is 16.6. The van der Waals surface area contributed by atoms with Gasteiger partial charge in [-0.3, -0.25) is 0 Å². The van der Waals surface area contributed by atoms with E-state index in [4.69, 9.17) is 15.0 Å². The molecule has 1 aliphatic heterocycles. The molecule has 1 unspecified atom stereocenters. The van der Waals surface area contributed by atoms with Crippen molar-refractivity contribution < 1.29 is 4.57 Å². The predicted octanol–water partition coefficient (Wildman–Crippen LogP) is 10.6. The SMILES string of the molecule is CC1(C)c2ccccc2-c2cc3c(cc21)N(c1ccccc1)c1ccc(-c2nc(-c4ccccc4)nc(-c4ccccc4)n2)cc1P3(=O)c1ccccc1. The van der Waals surface area contributed by atoms with Crippen LogP contribution in [0.1, 0.15) is 25.0 Å². The van der Waals surface area contributed by atoms with Crippen molar-refractivity contribution in [1.82, 2.24) is 15.0 Å². The lowest BCUT2D eigenvalue weighted by Crippen LogP contribution is -2.37. The second-order valence-corrected chi connectivity index (χ2v) is 17.1. The van der Waals surface area contributed by atoms with Crippen LogP contribution < -0.4 is 20.8 Å². The van der Waals surface area contributed by atoms with Gasteiger partial charge in [-0.2, -0.15) is 0 Å². The van der Waals surface area contributed by atoms with Crippen LogP contribution in [0.2, 0.25) is 0 Å². The molecule has 10 rings (SSSR count). The summed E-state index contributed by atoms with van der Waals surface area (Å²) in [5, 5.41) is 2.35. The fourth-order valence-corrected chi connectivity index (χ4v) is 11.3. The molecule has 258 valence electrons. The van der Waals surface area contributed by atoms with Gasteiger partial charge in [-0.15, -0.1) is 0 Å². The van der Waals surface area contributed by atoms with Crippen LogP contribution in [0.15, 0.2) is 176 Å². The Morgan fingerprint density at radius 1 is 0.463 bits per heavy atom. The molecule has 1 aliphatic carbocycles. The number of rotatable bonds is 5. The molecule has 0 fully saturated rings. The van der Waals surface area contributed by atoms with E-state index in [1.807, 2.05) is 97.1 Å². The molecule has 1 atom stereocenters. The van der Waals surface area contributed by atoms with Crippen molar-refractivity contribution in [3.63, 3.8) is 0 Å². The monoisotopic (exact) mass is 714 g/mol. The van der Waals surface area contributed by atoms with Crippen molar-refractivity contribution in [3.8, 4) is 45.3 Å². The van der Waals surface area contributed by atoms with Gasteiger partial charge in [0, 0.05) is 43.7 Å². The van der Waals surface area contributed by atoms with Crippen molar-refractivity contribution in [2.75, 3.05) is 4.90 Å². The highest BCUT2D eigenvalue weighted by Gasteiger charge is 2.45. The second-order valence-electron chi connectivity index (χ2n) is 14.4. The summed E-state index contributed by atoms with van der Waals surface area (Å²) in [7, 11) is -3.49. The highest BCUT2D eigenvalue weighted by molar-refractivity contribution is 7.86. The molecule has 2 aliphatic rings. The summed E-state index contributed by atoms with van der Waals surface area (Å²) in [6.45, 7) is 4.58. The molecular formula is C48H35N4OP. The molecule has 0 N–H and O–H groups in total. The normalized spacial score (nSPS) is 16.2. The van der Waals surface area contributed by atoms with Crippen LogP contribution in [-0.4, -0.2) is 15.0 Å². The molecule has 54 heavy (non-hydrogen) atoms. The number of aromatic nitrogens is 3. The second kappa shape index (κ2) is 12.3. The Balaban J connectivity index is 1.26. The van der Waals surface area contributed by atoms with E-state index in [-0.39, 0.29) is 5.41 Å². The third kappa shape index (κ3) is 4.93. The number of hydrogen-bond donors (Lipinski definition) is 0. The van der Waals surface area contributed by atoms with Crippen LogP contribution in [0.3, 0.4) is 0 Å². The molecule has 5 nitrogen and oxygen atoms in total. The average molecular weight is 715 g/mol. The first-order valence-electron chi connectivity index (χ1n) is 18.2. The van der Waals surface area contributed by atoms with Crippen molar-refractivity contribution in [1.29, 1.82) is 0 Å². The van der Waals surface area contributed by atoms with E-state index in [1.54, 1.807) is 0 Å².